The predicted octanol–water partition coefficient (Wildman–Crippen LogP) is 3.30. The van der Waals surface area contributed by atoms with E-state index in [4.69, 9.17) is 0 Å². The number of hydrogen-bond donors (Lipinski definition) is 2. The molecule has 18 heavy (non-hydrogen) atoms. The molecule has 1 aromatic heterocycles. The van der Waals surface area contributed by atoms with Gasteiger partial charge in [0.05, 0.1) is 0 Å². The predicted molar refractivity (Wildman–Crippen MR) is 76.3 cm³/mol. The summed E-state index contributed by atoms with van der Waals surface area (Å²) in [5, 5.41) is 6.91. The summed E-state index contributed by atoms with van der Waals surface area (Å²) in [5.74, 6) is 3.27. The van der Waals surface area contributed by atoms with Gasteiger partial charge in [-0.1, -0.05) is 20.8 Å². The smallest absolute Gasteiger partial charge is 0.135 e. The van der Waals surface area contributed by atoms with Crippen LogP contribution in [0.3, 0.4) is 0 Å². The molecule has 1 aliphatic rings. The van der Waals surface area contributed by atoms with Gasteiger partial charge in [-0.3, -0.25) is 0 Å². The van der Waals surface area contributed by atoms with Crippen LogP contribution in [0, 0.1) is 6.92 Å². The molecule has 1 heterocycles. The number of rotatable bonds is 6. The molecule has 0 spiro atoms. The molecule has 0 aromatic carbocycles. The fraction of sp³-hybridized carbons (Fsp3) is 0.714. The lowest BCUT2D eigenvalue weighted by molar-refractivity contribution is 0.770. The third kappa shape index (κ3) is 3.12. The van der Waals surface area contributed by atoms with Crippen molar-refractivity contribution in [1.82, 2.24) is 9.97 Å². The van der Waals surface area contributed by atoms with Gasteiger partial charge in [0.25, 0.3) is 0 Å². The Morgan fingerprint density at radius 1 is 1.22 bits per heavy atom. The zero-order chi connectivity index (χ0) is 13.1. The first kappa shape index (κ1) is 13.1. The lowest BCUT2D eigenvalue weighted by atomic mass is 10.2. The second-order valence-corrected chi connectivity index (χ2v) is 5.40. The van der Waals surface area contributed by atoms with Crippen molar-refractivity contribution in [2.75, 3.05) is 17.2 Å². The molecular weight excluding hydrogens is 224 g/mol. The van der Waals surface area contributed by atoms with Crippen LogP contribution in [0.5, 0.6) is 0 Å². The minimum Gasteiger partial charge on any atom is -0.370 e. The third-order valence-electron chi connectivity index (χ3n) is 3.14. The quantitative estimate of drug-likeness (QED) is 0.811. The summed E-state index contributed by atoms with van der Waals surface area (Å²) in [5.41, 5.74) is 1.14. The molecule has 1 aliphatic carbocycles. The Hall–Kier alpha value is -1.32. The topological polar surface area (TPSA) is 49.8 Å². The van der Waals surface area contributed by atoms with Crippen LogP contribution in [0.15, 0.2) is 0 Å². The monoisotopic (exact) mass is 248 g/mol. The van der Waals surface area contributed by atoms with E-state index in [9.17, 15) is 0 Å². The highest BCUT2D eigenvalue weighted by atomic mass is 15.1. The van der Waals surface area contributed by atoms with Crippen molar-refractivity contribution in [2.45, 2.75) is 58.9 Å². The van der Waals surface area contributed by atoms with E-state index in [1.807, 2.05) is 0 Å². The van der Waals surface area contributed by atoms with Crippen LogP contribution in [0.2, 0.25) is 0 Å². The molecule has 4 heteroatoms. The second kappa shape index (κ2) is 5.55. The van der Waals surface area contributed by atoms with E-state index < -0.39 is 0 Å². The standard InChI is InChI=1S/C14H24N4/c1-5-8-15-13-10(4)14(16-11-6-7-11)18-12(17-13)9(2)3/h9,11H,5-8H2,1-4H3,(H2,15,16,17,18). The first-order valence-corrected chi connectivity index (χ1v) is 7.00. The summed E-state index contributed by atoms with van der Waals surface area (Å²) in [4.78, 5) is 9.29. The molecule has 2 rings (SSSR count). The maximum atomic E-state index is 4.66. The van der Waals surface area contributed by atoms with Gasteiger partial charge >= 0.3 is 0 Å². The van der Waals surface area contributed by atoms with Gasteiger partial charge in [-0.15, -0.1) is 0 Å². The SMILES string of the molecule is CCCNc1nc(C(C)C)nc(NC2CC2)c1C. The van der Waals surface area contributed by atoms with Crippen LogP contribution < -0.4 is 10.6 Å². The van der Waals surface area contributed by atoms with Gasteiger partial charge in [0, 0.05) is 24.1 Å². The summed E-state index contributed by atoms with van der Waals surface area (Å²) >= 11 is 0. The van der Waals surface area contributed by atoms with Gasteiger partial charge in [0.2, 0.25) is 0 Å². The average Bonchev–Trinajstić information content (AvgIpc) is 3.13. The van der Waals surface area contributed by atoms with E-state index in [1.54, 1.807) is 0 Å². The van der Waals surface area contributed by atoms with Crippen LogP contribution in [0.4, 0.5) is 11.6 Å². The zero-order valence-corrected chi connectivity index (χ0v) is 11.9. The van der Waals surface area contributed by atoms with Crippen LogP contribution in [-0.4, -0.2) is 22.6 Å². The molecule has 100 valence electrons. The van der Waals surface area contributed by atoms with Gasteiger partial charge in [0.1, 0.15) is 17.5 Å². The van der Waals surface area contributed by atoms with E-state index in [-0.39, 0.29) is 0 Å². The van der Waals surface area contributed by atoms with Crippen LogP contribution in [-0.2, 0) is 0 Å². The van der Waals surface area contributed by atoms with E-state index in [2.05, 4.69) is 48.3 Å². The van der Waals surface area contributed by atoms with Crippen molar-refractivity contribution in [3.8, 4) is 0 Å². The molecule has 0 radical (unpaired) electrons. The molecule has 0 bridgehead atoms. The Morgan fingerprint density at radius 2 is 1.89 bits per heavy atom. The number of nitrogens with zero attached hydrogens (tertiary/aromatic N) is 2. The summed E-state index contributed by atoms with van der Waals surface area (Å²) in [6, 6.07) is 0.623. The number of anilines is 2. The second-order valence-electron chi connectivity index (χ2n) is 5.40. The molecule has 0 unspecified atom stereocenters. The van der Waals surface area contributed by atoms with Crippen LogP contribution >= 0.6 is 0 Å². The summed E-state index contributed by atoms with van der Waals surface area (Å²) in [7, 11) is 0. The van der Waals surface area contributed by atoms with Crippen molar-refractivity contribution < 1.29 is 0 Å². The summed E-state index contributed by atoms with van der Waals surface area (Å²) in [6.07, 6.45) is 3.63. The molecule has 1 aromatic rings. The minimum absolute atomic E-state index is 0.354. The van der Waals surface area contributed by atoms with E-state index in [1.165, 1.54) is 12.8 Å². The molecule has 1 saturated carbocycles. The van der Waals surface area contributed by atoms with E-state index >= 15 is 0 Å². The highest BCUT2D eigenvalue weighted by Gasteiger charge is 2.23. The molecule has 2 N–H and O–H groups in total. The number of hydrogen-bond acceptors (Lipinski definition) is 4. The minimum atomic E-state index is 0.354. The normalized spacial score (nSPS) is 14.9. The van der Waals surface area contributed by atoms with Gasteiger partial charge < -0.3 is 10.6 Å². The maximum absolute atomic E-state index is 4.66. The summed E-state index contributed by atoms with van der Waals surface area (Å²) < 4.78 is 0. The Morgan fingerprint density at radius 3 is 2.44 bits per heavy atom. The molecule has 0 aliphatic heterocycles. The molecule has 4 nitrogen and oxygen atoms in total. The van der Waals surface area contributed by atoms with Crippen molar-refractivity contribution >= 4 is 11.6 Å². The van der Waals surface area contributed by atoms with Crippen molar-refractivity contribution in [2.24, 2.45) is 0 Å². The van der Waals surface area contributed by atoms with Gasteiger partial charge in [-0.2, -0.15) is 0 Å². The van der Waals surface area contributed by atoms with Crippen molar-refractivity contribution in [3.05, 3.63) is 11.4 Å². The van der Waals surface area contributed by atoms with Crippen molar-refractivity contribution in [3.63, 3.8) is 0 Å². The Kier molecular flexibility index (Phi) is 4.04. The third-order valence-corrected chi connectivity index (χ3v) is 3.14. The van der Waals surface area contributed by atoms with Gasteiger partial charge in [-0.05, 0) is 26.2 Å². The Labute approximate surface area is 110 Å². The molecular formula is C14H24N4. The van der Waals surface area contributed by atoms with Gasteiger partial charge in [-0.25, -0.2) is 9.97 Å². The average molecular weight is 248 g/mol. The summed E-state index contributed by atoms with van der Waals surface area (Å²) in [6.45, 7) is 9.48. The molecule has 0 saturated heterocycles. The Bertz CT molecular complexity index is 411. The van der Waals surface area contributed by atoms with E-state index in [0.717, 1.165) is 36.0 Å². The van der Waals surface area contributed by atoms with Gasteiger partial charge in [0.15, 0.2) is 0 Å². The number of nitrogens with one attached hydrogen (secondary N) is 2. The highest BCUT2D eigenvalue weighted by Crippen LogP contribution is 2.29. The first-order chi connectivity index (χ1) is 8.61. The Balaban J connectivity index is 2.27. The van der Waals surface area contributed by atoms with Crippen LogP contribution in [0.25, 0.3) is 0 Å². The maximum Gasteiger partial charge on any atom is 0.135 e. The lowest BCUT2D eigenvalue weighted by Gasteiger charge is -2.16. The first-order valence-electron chi connectivity index (χ1n) is 7.00. The number of aromatic nitrogens is 2. The fourth-order valence-electron chi connectivity index (χ4n) is 1.77. The fourth-order valence-corrected chi connectivity index (χ4v) is 1.77. The largest absolute Gasteiger partial charge is 0.370 e. The lowest BCUT2D eigenvalue weighted by Crippen LogP contribution is -2.13. The molecule has 0 amide bonds. The zero-order valence-electron chi connectivity index (χ0n) is 11.9. The molecule has 0 atom stereocenters. The highest BCUT2D eigenvalue weighted by molar-refractivity contribution is 5.58. The van der Waals surface area contributed by atoms with E-state index in [0.29, 0.717) is 12.0 Å². The molecule has 1 fully saturated rings. The van der Waals surface area contributed by atoms with Crippen molar-refractivity contribution in [1.29, 1.82) is 0 Å². The van der Waals surface area contributed by atoms with Crippen LogP contribution in [0.1, 0.15) is 57.3 Å².